The summed E-state index contributed by atoms with van der Waals surface area (Å²) in [6, 6.07) is 68.0. The molecule has 2 heteroatoms. The van der Waals surface area contributed by atoms with Crippen LogP contribution in [0, 0.1) is 0 Å². The number of para-hydroxylation sites is 2. The van der Waals surface area contributed by atoms with E-state index in [0.29, 0.717) is 66.8 Å². The number of fused-ring (bicyclic) bond motifs is 13. The maximum atomic E-state index is 9.46. The van der Waals surface area contributed by atoms with E-state index in [1.54, 1.807) is 24.3 Å². The van der Waals surface area contributed by atoms with Gasteiger partial charge in [-0.05, 0) is 179 Å². The molecule has 19 aromatic rings. The van der Waals surface area contributed by atoms with Gasteiger partial charge in [-0.1, -0.05) is 291 Å². The van der Waals surface area contributed by atoms with Crippen LogP contribution in [0.4, 0.5) is 0 Å². The van der Waals surface area contributed by atoms with Gasteiger partial charge < -0.3 is 8.83 Å². The van der Waals surface area contributed by atoms with Crippen molar-refractivity contribution in [2.45, 2.75) is 0 Å². The summed E-state index contributed by atoms with van der Waals surface area (Å²) in [5.74, 6) is 0. The Morgan fingerprint density at radius 2 is 0.511 bits per heavy atom. The van der Waals surface area contributed by atoms with Crippen molar-refractivity contribution in [1.82, 2.24) is 0 Å². The van der Waals surface area contributed by atoms with Crippen LogP contribution < -0.4 is 0 Å². The Kier molecular flexibility index (Phi) is 8.77. The minimum absolute atomic E-state index is 0.174. The van der Waals surface area contributed by atoms with Crippen LogP contribution in [0.2, 0.25) is 0 Å². The van der Waals surface area contributed by atoms with Crippen molar-refractivity contribution < 1.29 is 30.8 Å². The van der Waals surface area contributed by atoms with E-state index in [1.165, 1.54) is 0 Å². The average Bonchev–Trinajstić information content (AvgIpc) is 0.723. The molecule has 0 atom stereocenters. The molecule has 0 amide bonds. The van der Waals surface area contributed by atoms with Crippen LogP contribution >= 0.6 is 0 Å². The van der Waals surface area contributed by atoms with E-state index in [9.17, 15) is 11.0 Å². The normalized spacial score (nSPS) is 14.3. The molecule has 0 aliphatic rings. The fraction of sp³-hybridized carbons (Fsp3) is 0. The molecule has 19 rings (SSSR count). The summed E-state index contributed by atoms with van der Waals surface area (Å²) in [5.41, 5.74) is 10.1. The molecule has 418 valence electrons. The van der Waals surface area contributed by atoms with Crippen LogP contribution in [0.15, 0.2) is 336 Å². The summed E-state index contributed by atoms with van der Waals surface area (Å²) in [6.45, 7) is 0. The molecule has 90 heavy (non-hydrogen) atoms. The van der Waals surface area contributed by atoms with Gasteiger partial charge in [0.05, 0.1) is 21.9 Å². The zero-order valence-electron chi connectivity index (χ0n) is 63.8. The third-order valence-electron chi connectivity index (χ3n) is 17.6. The summed E-state index contributed by atoms with van der Waals surface area (Å²) in [4.78, 5) is 0. The second kappa shape index (κ2) is 21.0. The van der Waals surface area contributed by atoms with Crippen LogP contribution in [0.25, 0.3) is 186 Å². The van der Waals surface area contributed by atoms with Crippen LogP contribution in [-0.2, 0) is 0 Å². The third-order valence-corrected chi connectivity index (χ3v) is 17.6. The van der Waals surface area contributed by atoms with Crippen LogP contribution in [0.1, 0.15) is 21.9 Å². The fourth-order valence-electron chi connectivity index (χ4n) is 13.7. The monoisotopic (exact) mass is 1160 g/mol. The number of benzene rings is 17. The van der Waals surface area contributed by atoms with Gasteiger partial charge in [0.2, 0.25) is 0 Å². The molecule has 0 radical (unpaired) electrons. The number of hydrogen-bond acceptors (Lipinski definition) is 2. The maximum Gasteiger partial charge on any atom is 0.135 e. The van der Waals surface area contributed by atoms with Crippen molar-refractivity contribution in [1.29, 1.82) is 0 Å². The lowest BCUT2D eigenvalue weighted by atomic mass is 9.83. The molecule has 2 aromatic heterocycles. The predicted octanol–water partition coefficient (Wildman–Crippen LogP) is 25.2. The molecule has 0 spiro atoms. The lowest BCUT2D eigenvalue weighted by Gasteiger charge is -2.20. The molecule has 0 aliphatic heterocycles. The van der Waals surface area contributed by atoms with Crippen LogP contribution in [-0.4, -0.2) is 0 Å². The Labute approximate surface area is 541 Å². The molecule has 2 nitrogen and oxygen atoms in total. The summed E-state index contributed by atoms with van der Waals surface area (Å²) in [7, 11) is 0. The number of hydrogen-bond donors (Lipinski definition) is 0. The standard InChI is InChI=1S/C46H28O.C42H26O/c1-2-14-31-29(12-1)13-11-22-32(31)35-25-26-41(34-16-4-3-15-33(34)35)46-39-20-7-5-18-37(39)45(38-19-6-8-21-40(38)46)30-24-27-44-42(28-30)36-17-9-10-23-43(36)47-44;1-2-12-27(13-3-1)29-23-24-37(31-15-5-4-14-30(29)31)42-35-19-8-6-17-33(35)41(34-18-7-9-20-36(34)42)28-22-25-40-38(26-28)32-16-10-11-21-39(32)43-40/h1-28H;1-26H/i5D,6D,7D,8D,18D,19D,20D,21D;6D,7D,8D,9D,17D,18D,19D,20D. The van der Waals surface area contributed by atoms with Crippen molar-refractivity contribution >= 4 is 119 Å². The summed E-state index contributed by atoms with van der Waals surface area (Å²) < 4.78 is 158. The summed E-state index contributed by atoms with van der Waals surface area (Å²) in [5, 5.41) is 10.2. The predicted molar refractivity (Wildman–Crippen MR) is 383 cm³/mol. The van der Waals surface area contributed by atoms with E-state index in [0.717, 1.165) is 76.1 Å². The van der Waals surface area contributed by atoms with Crippen molar-refractivity contribution in [3.63, 3.8) is 0 Å². The first-order chi connectivity index (χ1) is 51.3. The highest BCUT2D eigenvalue weighted by atomic mass is 16.3. The first-order valence-corrected chi connectivity index (χ1v) is 29.7. The highest BCUT2D eigenvalue weighted by Gasteiger charge is 2.23. The van der Waals surface area contributed by atoms with Gasteiger partial charge in [-0.15, -0.1) is 0 Å². The highest BCUT2D eigenvalue weighted by Crippen LogP contribution is 2.50. The molecule has 0 saturated heterocycles. The first kappa shape index (κ1) is 37.7. The van der Waals surface area contributed by atoms with Crippen LogP contribution in [0.5, 0.6) is 0 Å². The number of furan rings is 2. The van der Waals surface area contributed by atoms with E-state index < -0.39 is 48.3 Å². The van der Waals surface area contributed by atoms with Crippen LogP contribution in [0.3, 0.4) is 0 Å². The van der Waals surface area contributed by atoms with Gasteiger partial charge in [-0.2, -0.15) is 0 Å². The fourth-order valence-corrected chi connectivity index (χ4v) is 13.7. The van der Waals surface area contributed by atoms with E-state index in [4.69, 9.17) is 19.8 Å². The van der Waals surface area contributed by atoms with Crippen molar-refractivity contribution in [3.8, 4) is 66.8 Å². The largest absolute Gasteiger partial charge is 0.456 e. The van der Waals surface area contributed by atoms with E-state index in [-0.39, 0.29) is 91.4 Å². The summed E-state index contributed by atoms with van der Waals surface area (Å²) in [6.07, 6.45) is 0. The molecular formula is C88H54O2. The molecule has 0 N–H and O–H groups in total. The zero-order valence-corrected chi connectivity index (χ0v) is 47.8. The first-order valence-electron chi connectivity index (χ1n) is 37.7. The SMILES string of the molecule is [2H]c1c([2H])c([2H])c2c(-c3ccc(-c4cccc5ccccc45)c4ccccc34)c3c([2H])c([2H])c([2H])c([2H])c3c(-c3ccc4oc5ccccc5c4c3)c2c1[2H].[2H]c1c([2H])c([2H])c2c(-c3ccc(-c4ccccc4)c4ccccc34)c3c([2H])c([2H])c([2H])c([2H])c3c(-c3ccc4oc5ccccc5c4c3)c2c1[2H]. The molecule has 0 aliphatic carbocycles. The number of rotatable bonds is 6. The smallest absolute Gasteiger partial charge is 0.135 e. The van der Waals surface area contributed by atoms with Gasteiger partial charge in [-0.25, -0.2) is 0 Å². The van der Waals surface area contributed by atoms with Gasteiger partial charge in [0.25, 0.3) is 0 Å². The van der Waals surface area contributed by atoms with Gasteiger partial charge in [0.15, 0.2) is 0 Å². The lowest BCUT2D eigenvalue weighted by Crippen LogP contribution is -1.92. The van der Waals surface area contributed by atoms with Crippen molar-refractivity contribution in [3.05, 3.63) is 327 Å². The Morgan fingerprint density at radius 3 is 0.978 bits per heavy atom. The lowest BCUT2D eigenvalue weighted by molar-refractivity contribution is 0.668. The molecule has 0 unspecified atom stereocenters. The molecule has 17 aromatic carbocycles. The van der Waals surface area contributed by atoms with E-state index >= 15 is 0 Å². The van der Waals surface area contributed by atoms with E-state index in [1.807, 2.05) is 182 Å². The van der Waals surface area contributed by atoms with E-state index in [2.05, 4.69) is 24.3 Å². The second-order valence-electron chi connectivity index (χ2n) is 22.4. The topological polar surface area (TPSA) is 26.3 Å². The highest BCUT2D eigenvalue weighted by molar-refractivity contribution is 6.27. The third kappa shape index (κ3) is 8.19. The quantitative estimate of drug-likeness (QED) is 0.155. The van der Waals surface area contributed by atoms with Gasteiger partial charge in [0, 0.05) is 21.5 Å². The Hall–Kier alpha value is -11.8. The van der Waals surface area contributed by atoms with Gasteiger partial charge in [0.1, 0.15) is 22.3 Å². The second-order valence-corrected chi connectivity index (χ2v) is 22.4. The van der Waals surface area contributed by atoms with Crippen molar-refractivity contribution in [2.75, 3.05) is 0 Å². The Balaban J connectivity index is 0.000000151. The molecule has 2 heterocycles. The Bertz CT molecular complexity index is 6940. The zero-order chi connectivity index (χ0) is 73.2. The maximum absolute atomic E-state index is 9.46. The molecule has 0 bridgehead atoms. The molecule has 0 saturated carbocycles. The minimum atomic E-state index is -0.434. The van der Waals surface area contributed by atoms with Gasteiger partial charge >= 0.3 is 0 Å². The molecular weight excluding hydrogens is 1090 g/mol. The van der Waals surface area contributed by atoms with Gasteiger partial charge in [-0.3, -0.25) is 0 Å². The molecule has 0 fully saturated rings. The van der Waals surface area contributed by atoms with Crippen molar-refractivity contribution in [2.24, 2.45) is 0 Å². The summed E-state index contributed by atoms with van der Waals surface area (Å²) >= 11 is 0. The Morgan fingerprint density at radius 1 is 0.189 bits per heavy atom. The average molecular weight is 1160 g/mol. The minimum Gasteiger partial charge on any atom is -0.456 e.